The van der Waals surface area contributed by atoms with Crippen molar-refractivity contribution in [1.29, 1.82) is 0 Å². The summed E-state index contributed by atoms with van der Waals surface area (Å²) in [4.78, 5) is 23.1. The van der Waals surface area contributed by atoms with E-state index in [1.165, 1.54) is 18.1 Å². The second-order valence-corrected chi connectivity index (χ2v) is 6.43. The topological polar surface area (TPSA) is 46.2 Å². The van der Waals surface area contributed by atoms with Crippen LogP contribution in [0.5, 0.6) is 0 Å². The molecule has 0 heterocycles. The Labute approximate surface area is 141 Å². The average molecular weight is 327 g/mol. The number of hydrogen-bond acceptors (Lipinski definition) is 3. The van der Waals surface area contributed by atoms with Crippen LogP contribution in [0.4, 0.5) is 0 Å². The standard InChI is InChI=1S/C19H21NO2S/c1-14-5-3-4-6-18(14)12-23-13-19(22)17-9-7-16(8-10-17)11-20-15(2)21/h3-10H,11-13H2,1-2H3,(H,20,21). The zero-order valence-corrected chi connectivity index (χ0v) is 14.3. The third-order valence-electron chi connectivity index (χ3n) is 3.57. The summed E-state index contributed by atoms with van der Waals surface area (Å²) in [6.07, 6.45) is 0. The number of nitrogens with one attached hydrogen (secondary N) is 1. The van der Waals surface area contributed by atoms with Gasteiger partial charge in [0.15, 0.2) is 5.78 Å². The molecule has 0 aliphatic carbocycles. The van der Waals surface area contributed by atoms with E-state index in [-0.39, 0.29) is 11.7 Å². The fourth-order valence-corrected chi connectivity index (χ4v) is 3.14. The van der Waals surface area contributed by atoms with Gasteiger partial charge in [-0.25, -0.2) is 0 Å². The molecule has 2 aromatic carbocycles. The molecule has 3 nitrogen and oxygen atoms in total. The molecule has 120 valence electrons. The van der Waals surface area contributed by atoms with E-state index in [4.69, 9.17) is 0 Å². The molecule has 0 fully saturated rings. The van der Waals surface area contributed by atoms with Crippen LogP contribution in [0.2, 0.25) is 0 Å². The Morgan fingerprint density at radius 1 is 1.04 bits per heavy atom. The van der Waals surface area contributed by atoms with Crippen molar-refractivity contribution in [3.8, 4) is 0 Å². The SMILES string of the molecule is CC(=O)NCc1ccc(C(=O)CSCc2ccccc2C)cc1. The van der Waals surface area contributed by atoms with E-state index < -0.39 is 0 Å². The van der Waals surface area contributed by atoms with Crippen molar-refractivity contribution in [3.63, 3.8) is 0 Å². The van der Waals surface area contributed by atoms with Crippen molar-refractivity contribution in [1.82, 2.24) is 5.32 Å². The number of thioether (sulfide) groups is 1. The molecule has 0 saturated carbocycles. The van der Waals surface area contributed by atoms with Crippen LogP contribution >= 0.6 is 11.8 Å². The first-order chi connectivity index (χ1) is 11.1. The first-order valence-electron chi connectivity index (χ1n) is 7.55. The molecule has 1 N–H and O–H groups in total. The molecule has 0 aromatic heterocycles. The molecule has 0 atom stereocenters. The Balaban J connectivity index is 1.83. The number of rotatable bonds is 7. The van der Waals surface area contributed by atoms with Crippen molar-refractivity contribution in [2.45, 2.75) is 26.1 Å². The summed E-state index contributed by atoms with van der Waals surface area (Å²) in [7, 11) is 0. The van der Waals surface area contributed by atoms with Gasteiger partial charge in [-0.15, -0.1) is 11.8 Å². The van der Waals surface area contributed by atoms with Crippen LogP contribution < -0.4 is 5.32 Å². The van der Waals surface area contributed by atoms with Crippen LogP contribution in [0.25, 0.3) is 0 Å². The fourth-order valence-electron chi connectivity index (χ4n) is 2.14. The highest BCUT2D eigenvalue weighted by Crippen LogP contribution is 2.17. The first-order valence-corrected chi connectivity index (χ1v) is 8.70. The Hall–Kier alpha value is -2.07. The van der Waals surface area contributed by atoms with Crippen molar-refractivity contribution in [2.75, 3.05) is 5.75 Å². The maximum absolute atomic E-state index is 12.2. The lowest BCUT2D eigenvalue weighted by Crippen LogP contribution is -2.18. The van der Waals surface area contributed by atoms with Crippen molar-refractivity contribution in [2.24, 2.45) is 0 Å². The number of aryl methyl sites for hydroxylation is 1. The maximum atomic E-state index is 12.2. The summed E-state index contributed by atoms with van der Waals surface area (Å²) in [5.41, 5.74) is 4.24. The molecular weight excluding hydrogens is 306 g/mol. The summed E-state index contributed by atoms with van der Waals surface area (Å²) in [5, 5.41) is 2.74. The van der Waals surface area contributed by atoms with Gasteiger partial charge in [0.2, 0.25) is 5.91 Å². The normalized spacial score (nSPS) is 10.3. The van der Waals surface area contributed by atoms with Crippen LogP contribution in [-0.2, 0) is 17.1 Å². The van der Waals surface area contributed by atoms with Crippen LogP contribution in [0.15, 0.2) is 48.5 Å². The Bertz CT molecular complexity index is 680. The third-order valence-corrected chi connectivity index (χ3v) is 4.55. The number of carbonyl (C=O) groups is 2. The highest BCUT2D eigenvalue weighted by atomic mass is 32.2. The Morgan fingerprint density at radius 3 is 2.39 bits per heavy atom. The van der Waals surface area contributed by atoms with E-state index >= 15 is 0 Å². The zero-order valence-electron chi connectivity index (χ0n) is 13.5. The van der Waals surface area contributed by atoms with E-state index in [0.29, 0.717) is 17.9 Å². The average Bonchev–Trinajstić information content (AvgIpc) is 2.55. The quantitative estimate of drug-likeness (QED) is 0.788. The van der Waals surface area contributed by atoms with E-state index in [2.05, 4.69) is 24.4 Å². The summed E-state index contributed by atoms with van der Waals surface area (Å²) in [6, 6.07) is 15.7. The lowest BCUT2D eigenvalue weighted by Gasteiger charge is -2.06. The molecule has 0 aliphatic rings. The molecule has 0 spiro atoms. The Morgan fingerprint density at radius 2 is 1.74 bits per heavy atom. The van der Waals surface area contributed by atoms with E-state index in [0.717, 1.165) is 11.3 Å². The zero-order chi connectivity index (χ0) is 16.7. The molecule has 0 aliphatic heterocycles. The van der Waals surface area contributed by atoms with Gasteiger partial charge in [-0.1, -0.05) is 48.5 Å². The van der Waals surface area contributed by atoms with Gasteiger partial charge in [0.1, 0.15) is 0 Å². The van der Waals surface area contributed by atoms with Gasteiger partial charge in [0.25, 0.3) is 0 Å². The van der Waals surface area contributed by atoms with Gasteiger partial charge in [0.05, 0.1) is 5.75 Å². The largest absolute Gasteiger partial charge is 0.352 e. The predicted molar refractivity (Wildman–Crippen MR) is 95.6 cm³/mol. The van der Waals surface area contributed by atoms with Gasteiger partial charge in [-0.2, -0.15) is 0 Å². The van der Waals surface area contributed by atoms with E-state index in [1.54, 1.807) is 11.8 Å². The smallest absolute Gasteiger partial charge is 0.217 e. The fraction of sp³-hybridized carbons (Fsp3) is 0.263. The van der Waals surface area contributed by atoms with Crippen LogP contribution in [0.1, 0.15) is 34.0 Å². The number of benzene rings is 2. The molecule has 0 radical (unpaired) electrons. The van der Waals surface area contributed by atoms with Gasteiger partial charge in [-0.3, -0.25) is 9.59 Å². The molecule has 0 saturated heterocycles. The minimum atomic E-state index is -0.0576. The van der Waals surface area contributed by atoms with Crippen LogP contribution in [0, 0.1) is 6.92 Å². The molecule has 2 rings (SSSR count). The number of carbonyl (C=O) groups excluding carboxylic acids is 2. The molecule has 4 heteroatoms. The highest BCUT2D eigenvalue weighted by Gasteiger charge is 2.07. The minimum Gasteiger partial charge on any atom is -0.352 e. The summed E-state index contributed by atoms with van der Waals surface area (Å²) >= 11 is 1.64. The molecule has 23 heavy (non-hydrogen) atoms. The maximum Gasteiger partial charge on any atom is 0.217 e. The predicted octanol–water partition coefficient (Wildman–Crippen LogP) is 3.75. The molecular formula is C19H21NO2S. The first kappa shape index (κ1) is 17.3. The monoisotopic (exact) mass is 327 g/mol. The van der Waals surface area contributed by atoms with Gasteiger partial charge in [-0.05, 0) is 23.6 Å². The molecule has 0 unspecified atom stereocenters. The second kappa shape index (κ2) is 8.53. The van der Waals surface area contributed by atoms with E-state index in [9.17, 15) is 9.59 Å². The van der Waals surface area contributed by atoms with Gasteiger partial charge >= 0.3 is 0 Å². The van der Waals surface area contributed by atoms with Gasteiger partial charge < -0.3 is 5.32 Å². The lowest BCUT2D eigenvalue weighted by atomic mass is 10.1. The van der Waals surface area contributed by atoms with E-state index in [1.807, 2.05) is 36.4 Å². The van der Waals surface area contributed by atoms with Crippen molar-refractivity contribution < 1.29 is 9.59 Å². The lowest BCUT2D eigenvalue weighted by molar-refractivity contribution is -0.119. The van der Waals surface area contributed by atoms with Crippen LogP contribution in [0.3, 0.4) is 0 Å². The number of ketones is 1. The minimum absolute atomic E-state index is 0.0576. The molecule has 2 aromatic rings. The van der Waals surface area contributed by atoms with Crippen molar-refractivity contribution >= 4 is 23.5 Å². The molecule has 0 bridgehead atoms. The summed E-state index contributed by atoms with van der Waals surface area (Å²) in [6.45, 7) is 4.07. The number of amides is 1. The Kier molecular flexibility index (Phi) is 6.41. The van der Waals surface area contributed by atoms with Crippen molar-refractivity contribution in [3.05, 3.63) is 70.8 Å². The third kappa shape index (κ3) is 5.57. The van der Waals surface area contributed by atoms with Gasteiger partial charge in [0, 0.05) is 24.8 Å². The van der Waals surface area contributed by atoms with Crippen LogP contribution in [-0.4, -0.2) is 17.4 Å². The number of Topliss-reactive ketones (excluding diaryl/α,β-unsaturated/α-hetero) is 1. The number of hydrogen-bond donors (Lipinski definition) is 1. The summed E-state index contributed by atoms with van der Waals surface area (Å²) < 4.78 is 0. The molecule has 1 amide bonds. The summed E-state index contributed by atoms with van der Waals surface area (Å²) in [5.74, 6) is 1.39. The second-order valence-electron chi connectivity index (χ2n) is 5.45. The highest BCUT2D eigenvalue weighted by molar-refractivity contribution is 7.99.